The van der Waals surface area contributed by atoms with E-state index in [1.165, 1.54) is 10.8 Å². The summed E-state index contributed by atoms with van der Waals surface area (Å²) in [4.78, 5) is 12.4. The number of carbonyl (C=O) groups excluding carboxylic acids is 1. The van der Waals surface area contributed by atoms with E-state index in [9.17, 15) is 10.1 Å². The lowest BCUT2D eigenvalue weighted by Crippen LogP contribution is -2.13. The van der Waals surface area contributed by atoms with Gasteiger partial charge in [-0.3, -0.25) is 4.79 Å². The summed E-state index contributed by atoms with van der Waals surface area (Å²) in [6.07, 6.45) is 1.56. The van der Waals surface area contributed by atoms with Gasteiger partial charge in [0.1, 0.15) is 24.0 Å². The Bertz CT molecular complexity index is 1340. The van der Waals surface area contributed by atoms with Crippen LogP contribution in [0.4, 0.5) is 5.69 Å². The fourth-order valence-corrected chi connectivity index (χ4v) is 3.63. The molecule has 0 aliphatic carbocycles. The molecule has 0 saturated heterocycles. The predicted molar refractivity (Wildman–Crippen MR) is 131 cm³/mol. The number of anilines is 1. The van der Waals surface area contributed by atoms with Crippen molar-refractivity contribution >= 4 is 44.4 Å². The lowest BCUT2D eigenvalue weighted by molar-refractivity contribution is -0.112. The van der Waals surface area contributed by atoms with Crippen molar-refractivity contribution in [1.82, 2.24) is 0 Å². The average Bonchev–Trinajstić information content (AvgIpc) is 2.81. The first-order valence-electron chi connectivity index (χ1n) is 10.00. The molecule has 0 atom stereocenters. The number of halogens is 1. The standard InChI is InChI=1S/C27H19BrN2O2/c28-24-6-3-7-25(16-24)30-27(31)23(17-29)14-19-9-12-26(13-10-19)32-18-20-8-11-21-4-1-2-5-22(21)15-20/h1-16H,18H2,(H,30,31)/b23-14-. The van der Waals surface area contributed by atoms with E-state index in [0.29, 0.717) is 18.0 Å². The van der Waals surface area contributed by atoms with Crippen molar-refractivity contribution in [3.8, 4) is 11.8 Å². The number of rotatable bonds is 6. The van der Waals surface area contributed by atoms with Crippen molar-refractivity contribution in [2.45, 2.75) is 6.61 Å². The van der Waals surface area contributed by atoms with Crippen molar-refractivity contribution in [2.75, 3.05) is 5.32 Å². The number of nitrogens with one attached hydrogen (secondary N) is 1. The number of amides is 1. The summed E-state index contributed by atoms with van der Waals surface area (Å²) in [5.41, 5.74) is 2.46. The van der Waals surface area contributed by atoms with Crippen molar-refractivity contribution in [1.29, 1.82) is 5.26 Å². The molecule has 5 heteroatoms. The summed E-state index contributed by atoms with van der Waals surface area (Å²) < 4.78 is 6.74. The SMILES string of the molecule is N#C/C(=C/c1ccc(OCc2ccc3ccccc3c2)cc1)C(=O)Nc1cccc(Br)c1. The summed E-state index contributed by atoms with van der Waals surface area (Å²) >= 11 is 3.36. The number of nitriles is 1. The van der Waals surface area contributed by atoms with Gasteiger partial charge >= 0.3 is 0 Å². The summed E-state index contributed by atoms with van der Waals surface area (Å²) in [5, 5.41) is 14.5. The van der Waals surface area contributed by atoms with Crippen LogP contribution in [0.25, 0.3) is 16.8 Å². The Kier molecular flexibility index (Phi) is 6.64. The first-order chi connectivity index (χ1) is 15.6. The molecule has 0 radical (unpaired) electrons. The molecule has 0 spiro atoms. The van der Waals surface area contributed by atoms with Gasteiger partial charge in [0.25, 0.3) is 5.91 Å². The molecule has 4 aromatic rings. The zero-order valence-corrected chi connectivity index (χ0v) is 18.7. The molecule has 0 fully saturated rings. The van der Waals surface area contributed by atoms with Crippen LogP contribution in [0.1, 0.15) is 11.1 Å². The molecule has 4 nitrogen and oxygen atoms in total. The molecule has 0 aromatic heterocycles. The molecule has 4 aromatic carbocycles. The van der Waals surface area contributed by atoms with E-state index in [0.717, 1.165) is 15.6 Å². The third kappa shape index (κ3) is 5.42. The number of benzene rings is 4. The van der Waals surface area contributed by atoms with Crippen molar-refractivity contribution < 1.29 is 9.53 Å². The van der Waals surface area contributed by atoms with E-state index in [2.05, 4.69) is 51.6 Å². The highest BCUT2D eigenvalue weighted by atomic mass is 79.9. The van der Waals surface area contributed by atoms with Crippen LogP contribution in [0.2, 0.25) is 0 Å². The second-order valence-electron chi connectivity index (χ2n) is 7.17. The Morgan fingerprint density at radius 3 is 2.47 bits per heavy atom. The number of nitrogens with zero attached hydrogens (tertiary/aromatic N) is 1. The van der Waals surface area contributed by atoms with E-state index in [1.807, 2.05) is 54.6 Å². The molecule has 0 aliphatic heterocycles. The fraction of sp³-hybridized carbons (Fsp3) is 0.0370. The summed E-state index contributed by atoms with van der Waals surface area (Å²) in [7, 11) is 0. The van der Waals surface area contributed by atoms with Crippen LogP contribution in [-0.4, -0.2) is 5.91 Å². The highest BCUT2D eigenvalue weighted by Crippen LogP contribution is 2.20. The Labute approximate surface area is 194 Å². The number of carbonyl (C=O) groups is 1. The van der Waals surface area contributed by atoms with Gasteiger partial charge in [-0.05, 0) is 64.4 Å². The molecule has 32 heavy (non-hydrogen) atoms. The molecule has 4 rings (SSSR count). The number of ether oxygens (including phenoxy) is 1. The maximum absolute atomic E-state index is 12.4. The quantitative estimate of drug-likeness (QED) is 0.244. The molecule has 0 aliphatic rings. The molecule has 0 bridgehead atoms. The minimum Gasteiger partial charge on any atom is -0.489 e. The highest BCUT2D eigenvalue weighted by molar-refractivity contribution is 9.10. The van der Waals surface area contributed by atoms with Crippen molar-refractivity contribution in [3.63, 3.8) is 0 Å². The largest absolute Gasteiger partial charge is 0.489 e. The number of hydrogen-bond donors (Lipinski definition) is 1. The van der Waals surface area contributed by atoms with Gasteiger partial charge in [0.2, 0.25) is 0 Å². The van der Waals surface area contributed by atoms with Gasteiger partial charge in [-0.2, -0.15) is 5.26 Å². The summed E-state index contributed by atoms with van der Waals surface area (Å²) in [5.74, 6) is 0.259. The fourth-order valence-electron chi connectivity index (χ4n) is 3.24. The second-order valence-corrected chi connectivity index (χ2v) is 8.09. The molecular weight excluding hydrogens is 464 g/mol. The first kappa shape index (κ1) is 21.4. The van der Waals surface area contributed by atoms with Gasteiger partial charge in [-0.15, -0.1) is 0 Å². The van der Waals surface area contributed by atoms with Crippen LogP contribution in [-0.2, 0) is 11.4 Å². The molecular formula is C27H19BrN2O2. The molecule has 0 heterocycles. The third-order valence-electron chi connectivity index (χ3n) is 4.86. The first-order valence-corrected chi connectivity index (χ1v) is 10.8. The average molecular weight is 483 g/mol. The zero-order valence-electron chi connectivity index (χ0n) is 17.1. The van der Waals surface area contributed by atoms with Crippen LogP contribution in [0.5, 0.6) is 5.75 Å². The van der Waals surface area contributed by atoms with E-state index in [1.54, 1.807) is 18.2 Å². The Balaban J connectivity index is 1.40. The summed E-state index contributed by atoms with van der Waals surface area (Å²) in [6, 6.07) is 30.9. The van der Waals surface area contributed by atoms with Gasteiger partial charge in [0.15, 0.2) is 0 Å². The van der Waals surface area contributed by atoms with Gasteiger partial charge in [0, 0.05) is 10.2 Å². The lowest BCUT2D eigenvalue weighted by atomic mass is 10.1. The van der Waals surface area contributed by atoms with Crippen LogP contribution in [0, 0.1) is 11.3 Å². The third-order valence-corrected chi connectivity index (χ3v) is 5.35. The van der Waals surface area contributed by atoms with Crippen LogP contribution in [0.3, 0.4) is 0 Å². The van der Waals surface area contributed by atoms with Gasteiger partial charge in [-0.25, -0.2) is 0 Å². The van der Waals surface area contributed by atoms with E-state index >= 15 is 0 Å². The van der Waals surface area contributed by atoms with E-state index < -0.39 is 5.91 Å². The van der Waals surface area contributed by atoms with E-state index in [4.69, 9.17) is 4.74 Å². The Morgan fingerprint density at radius 1 is 0.938 bits per heavy atom. The maximum atomic E-state index is 12.4. The molecule has 1 amide bonds. The number of hydrogen-bond acceptors (Lipinski definition) is 3. The summed E-state index contributed by atoms with van der Waals surface area (Å²) in [6.45, 7) is 0.457. The van der Waals surface area contributed by atoms with E-state index in [-0.39, 0.29) is 5.57 Å². The molecule has 156 valence electrons. The lowest BCUT2D eigenvalue weighted by Gasteiger charge is -2.08. The Morgan fingerprint density at radius 2 is 1.72 bits per heavy atom. The minimum atomic E-state index is -0.456. The minimum absolute atomic E-state index is 0.0230. The normalized spacial score (nSPS) is 11.1. The predicted octanol–water partition coefficient (Wildman–Crippen LogP) is 6.73. The van der Waals surface area contributed by atoms with Crippen molar-refractivity contribution in [2.24, 2.45) is 0 Å². The monoisotopic (exact) mass is 482 g/mol. The molecule has 1 N–H and O–H groups in total. The van der Waals surface area contributed by atoms with Crippen LogP contribution >= 0.6 is 15.9 Å². The van der Waals surface area contributed by atoms with Gasteiger partial charge in [0.05, 0.1) is 0 Å². The molecule has 0 unspecified atom stereocenters. The number of fused-ring (bicyclic) bond motifs is 1. The van der Waals surface area contributed by atoms with Gasteiger partial charge < -0.3 is 10.1 Å². The Hall–Kier alpha value is -3.88. The molecule has 0 saturated carbocycles. The smallest absolute Gasteiger partial charge is 0.266 e. The van der Waals surface area contributed by atoms with Crippen molar-refractivity contribution in [3.05, 3.63) is 112 Å². The zero-order chi connectivity index (χ0) is 22.3. The highest BCUT2D eigenvalue weighted by Gasteiger charge is 2.10. The van der Waals surface area contributed by atoms with Crippen LogP contribution < -0.4 is 10.1 Å². The maximum Gasteiger partial charge on any atom is 0.266 e. The topological polar surface area (TPSA) is 62.1 Å². The van der Waals surface area contributed by atoms with Gasteiger partial charge in [-0.1, -0.05) is 70.5 Å². The van der Waals surface area contributed by atoms with Crippen LogP contribution in [0.15, 0.2) is 101 Å². The second kappa shape index (κ2) is 9.95.